The Balaban J connectivity index is 2.22. The van der Waals surface area contributed by atoms with Gasteiger partial charge in [-0.3, -0.25) is 0 Å². The summed E-state index contributed by atoms with van der Waals surface area (Å²) in [6.45, 7) is 3.83. The van der Waals surface area contributed by atoms with Gasteiger partial charge in [-0.1, -0.05) is 6.58 Å². The summed E-state index contributed by atoms with van der Waals surface area (Å²) in [7, 11) is 0. The molecule has 1 saturated heterocycles. The fourth-order valence-corrected chi connectivity index (χ4v) is 1.24. The van der Waals surface area contributed by atoms with E-state index in [1.807, 2.05) is 0 Å². The molecule has 0 N–H and O–H groups in total. The van der Waals surface area contributed by atoms with E-state index in [4.69, 9.17) is 9.78 Å². The molecule has 0 radical (unpaired) electrons. The molecule has 2 unspecified atom stereocenters. The summed E-state index contributed by atoms with van der Waals surface area (Å²) in [5.74, 6) is 0. The fourth-order valence-electron chi connectivity index (χ4n) is 1.24. The molecule has 1 aliphatic heterocycles. The number of fused-ring (bicyclic) bond motifs is 2. The van der Waals surface area contributed by atoms with Crippen LogP contribution in [0.4, 0.5) is 0 Å². The number of hydrogen-bond acceptors (Lipinski definition) is 2. The van der Waals surface area contributed by atoms with E-state index in [2.05, 4.69) is 6.58 Å². The second-order valence-corrected chi connectivity index (χ2v) is 2.40. The third-order valence-corrected chi connectivity index (χ3v) is 1.73. The molecule has 2 aliphatic rings. The molecule has 44 valence electrons. The maximum absolute atomic E-state index is 4.86. The van der Waals surface area contributed by atoms with Crippen LogP contribution in [0.5, 0.6) is 0 Å². The molecule has 0 spiro atoms. The average molecular weight is 112 g/mol. The Morgan fingerprint density at radius 2 is 2.38 bits per heavy atom. The van der Waals surface area contributed by atoms with Crippen LogP contribution >= 0.6 is 0 Å². The highest BCUT2D eigenvalue weighted by atomic mass is 17.2. The molecule has 8 heavy (non-hydrogen) atoms. The van der Waals surface area contributed by atoms with Crippen molar-refractivity contribution in [3.8, 4) is 0 Å². The van der Waals surface area contributed by atoms with Gasteiger partial charge in [0, 0.05) is 12.8 Å². The van der Waals surface area contributed by atoms with E-state index in [0.717, 1.165) is 12.8 Å². The topological polar surface area (TPSA) is 18.5 Å². The maximum atomic E-state index is 4.86. The molecule has 2 atom stereocenters. The Kier molecular flexibility index (Phi) is 0.754. The van der Waals surface area contributed by atoms with Crippen LogP contribution in [0, 0.1) is 0 Å². The smallest absolute Gasteiger partial charge is 0.116 e. The van der Waals surface area contributed by atoms with Crippen LogP contribution in [-0.4, -0.2) is 12.2 Å². The highest BCUT2D eigenvalue weighted by Crippen LogP contribution is 2.35. The van der Waals surface area contributed by atoms with Crippen molar-refractivity contribution in [3.63, 3.8) is 0 Å². The average Bonchev–Trinajstić information content (AvgIpc) is 2.23. The molecule has 0 aromatic carbocycles. The number of hydrogen-bond donors (Lipinski definition) is 0. The van der Waals surface area contributed by atoms with Gasteiger partial charge in [-0.15, -0.1) is 0 Å². The van der Waals surface area contributed by atoms with E-state index in [1.54, 1.807) is 0 Å². The molecular formula is C6H8O2. The van der Waals surface area contributed by atoms with E-state index in [9.17, 15) is 0 Å². The molecule has 1 heterocycles. The summed E-state index contributed by atoms with van der Waals surface area (Å²) < 4.78 is 0. The normalized spacial score (nSPS) is 43.8. The third kappa shape index (κ3) is 0.443. The van der Waals surface area contributed by atoms with E-state index in [-0.39, 0.29) is 6.10 Å². The highest BCUT2D eigenvalue weighted by molar-refractivity contribution is 5.12. The van der Waals surface area contributed by atoms with Crippen molar-refractivity contribution in [2.24, 2.45) is 0 Å². The minimum atomic E-state index is 0.222. The zero-order valence-electron chi connectivity index (χ0n) is 4.59. The molecule has 2 fully saturated rings. The second kappa shape index (κ2) is 1.33. The summed E-state index contributed by atoms with van der Waals surface area (Å²) in [6.07, 6.45) is 2.58. The van der Waals surface area contributed by atoms with Crippen molar-refractivity contribution < 1.29 is 9.78 Å². The maximum Gasteiger partial charge on any atom is 0.116 e. The quantitative estimate of drug-likeness (QED) is 0.344. The second-order valence-electron chi connectivity index (χ2n) is 2.40. The van der Waals surface area contributed by atoms with Crippen LogP contribution in [0.1, 0.15) is 12.8 Å². The minimum Gasteiger partial charge on any atom is -0.232 e. The summed E-state index contributed by atoms with van der Waals surface area (Å²) >= 11 is 0. The van der Waals surface area contributed by atoms with E-state index in [0.29, 0.717) is 6.10 Å². The van der Waals surface area contributed by atoms with E-state index in [1.165, 1.54) is 5.57 Å². The first-order valence-corrected chi connectivity index (χ1v) is 2.86. The van der Waals surface area contributed by atoms with Gasteiger partial charge in [0.25, 0.3) is 0 Å². The lowest BCUT2D eigenvalue weighted by molar-refractivity contribution is -0.302. The highest BCUT2D eigenvalue weighted by Gasteiger charge is 2.37. The van der Waals surface area contributed by atoms with Gasteiger partial charge >= 0.3 is 0 Å². The van der Waals surface area contributed by atoms with Crippen molar-refractivity contribution in [3.05, 3.63) is 12.2 Å². The van der Waals surface area contributed by atoms with Gasteiger partial charge in [-0.2, -0.15) is 0 Å². The lowest BCUT2D eigenvalue weighted by Crippen LogP contribution is -2.08. The fraction of sp³-hybridized carbons (Fsp3) is 0.667. The zero-order chi connectivity index (χ0) is 5.56. The first kappa shape index (κ1) is 4.53. The van der Waals surface area contributed by atoms with E-state index < -0.39 is 0 Å². The predicted molar refractivity (Wildman–Crippen MR) is 28.1 cm³/mol. The Bertz CT molecular complexity index is 130. The SMILES string of the molecule is C=C1CC2CC1OO2. The van der Waals surface area contributed by atoms with Crippen LogP contribution in [0.15, 0.2) is 12.2 Å². The van der Waals surface area contributed by atoms with Crippen molar-refractivity contribution >= 4 is 0 Å². The Morgan fingerprint density at radius 1 is 1.50 bits per heavy atom. The minimum absolute atomic E-state index is 0.222. The molecule has 2 heteroatoms. The Hall–Kier alpha value is -0.340. The van der Waals surface area contributed by atoms with Gasteiger partial charge in [0.1, 0.15) is 6.10 Å². The van der Waals surface area contributed by atoms with Crippen molar-refractivity contribution in [2.45, 2.75) is 25.0 Å². The lowest BCUT2D eigenvalue weighted by atomic mass is 10.2. The van der Waals surface area contributed by atoms with Gasteiger partial charge in [0.05, 0.1) is 6.10 Å². The van der Waals surface area contributed by atoms with Gasteiger partial charge in [-0.05, 0) is 5.57 Å². The molecule has 2 nitrogen and oxygen atoms in total. The monoisotopic (exact) mass is 112 g/mol. The van der Waals surface area contributed by atoms with E-state index >= 15 is 0 Å². The number of rotatable bonds is 0. The molecule has 1 aliphatic carbocycles. The Labute approximate surface area is 48.0 Å². The molecular weight excluding hydrogens is 104 g/mol. The van der Waals surface area contributed by atoms with Crippen molar-refractivity contribution in [1.29, 1.82) is 0 Å². The molecule has 1 saturated carbocycles. The van der Waals surface area contributed by atoms with Crippen LogP contribution in [0.25, 0.3) is 0 Å². The third-order valence-electron chi connectivity index (χ3n) is 1.73. The predicted octanol–water partition coefficient (Wildman–Crippen LogP) is 1.04. The molecule has 0 amide bonds. The van der Waals surface area contributed by atoms with Gasteiger partial charge in [0.15, 0.2) is 0 Å². The molecule has 0 aromatic heterocycles. The van der Waals surface area contributed by atoms with Crippen molar-refractivity contribution in [2.75, 3.05) is 0 Å². The first-order chi connectivity index (χ1) is 3.86. The van der Waals surface area contributed by atoms with Gasteiger partial charge in [-0.25, -0.2) is 9.78 Å². The summed E-state index contributed by atoms with van der Waals surface area (Å²) in [6, 6.07) is 0. The molecule has 0 aromatic rings. The van der Waals surface area contributed by atoms with Crippen LogP contribution < -0.4 is 0 Å². The Morgan fingerprint density at radius 3 is 2.62 bits per heavy atom. The standard InChI is InChI=1S/C6H8O2/c1-4-2-5-3-6(4)8-7-5/h5-6H,1-3H2. The largest absolute Gasteiger partial charge is 0.232 e. The van der Waals surface area contributed by atoms with Crippen LogP contribution in [-0.2, 0) is 9.78 Å². The molecule has 2 rings (SSSR count). The summed E-state index contributed by atoms with van der Waals surface area (Å²) in [5, 5.41) is 0. The zero-order valence-corrected chi connectivity index (χ0v) is 4.59. The van der Waals surface area contributed by atoms with Crippen LogP contribution in [0.3, 0.4) is 0 Å². The summed E-state index contributed by atoms with van der Waals surface area (Å²) in [4.78, 5) is 9.73. The summed E-state index contributed by atoms with van der Waals surface area (Å²) in [5.41, 5.74) is 1.20. The first-order valence-electron chi connectivity index (χ1n) is 2.86. The molecule has 2 bridgehead atoms. The lowest BCUT2D eigenvalue weighted by Gasteiger charge is -2.10. The van der Waals surface area contributed by atoms with Crippen LogP contribution in [0.2, 0.25) is 0 Å². The van der Waals surface area contributed by atoms with Crippen molar-refractivity contribution in [1.82, 2.24) is 0 Å². The van der Waals surface area contributed by atoms with Gasteiger partial charge in [0.2, 0.25) is 0 Å². The van der Waals surface area contributed by atoms with Gasteiger partial charge < -0.3 is 0 Å².